The monoisotopic (exact) mass is 454 g/mol. The highest BCUT2D eigenvalue weighted by Gasteiger charge is 2.50. The maximum atomic E-state index is 10.6. The van der Waals surface area contributed by atoms with E-state index in [1.54, 1.807) is 18.4 Å². The van der Waals surface area contributed by atoms with Crippen LogP contribution in [0.4, 0.5) is 11.8 Å². The van der Waals surface area contributed by atoms with Crippen molar-refractivity contribution in [2.45, 2.75) is 57.6 Å². The van der Waals surface area contributed by atoms with Crippen LogP contribution in [0, 0.1) is 19.8 Å². The van der Waals surface area contributed by atoms with Gasteiger partial charge in [0.25, 0.3) is 0 Å². The fraction of sp³-hybridized carbons (Fsp3) is 0.565. The molecule has 2 aliphatic rings. The van der Waals surface area contributed by atoms with Gasteiger partial charge in [-0.15, -0.1) is 11.3 Å². The summed E-state index contributed by atoms with van der Waals surface area (Å²) in [6, 6.07) is 2.29. The van der Waals surface area contributed by atoms with E-state index in [1.807, 2.05) is 26.1 Å². The first-order valence-electron chi connectivity index (χ1n) is 11.3. The van der Waals surface area contributed by atoms with Crippen LogP contribution in [0.25, 0.3) is 20.8 Å². The summed E-state index contributed by atoms with van der Waals surface area (Å²) in [5.74, 6) is 1.76. The highest BCUT2D eigenvalue weighted by atomic mass is 32.1. The predicted molar refractivity (Wildman–Crippen MR) is 127 cm³/mol. The van der Waals surface area contributed by atoms with Gasteiger partial charge in [0, 0.05) is 25.9 Å². The van der Waals surface area contributed by atoms with E-state index in [1.165, 1.54) is 0 Å². The van der Waals surface area contributed by atoms with Crippen molar-refractivity contribution < 1.29 is 9.84 Å². The van der Waals surface area contributed by atoms with E-state index in [0.717, 1.165) is 70.1 Å². The van der Waals surface area contributed by atoms with Crippen molar-refractivity contribution in [2.75, 3.05) is 30.9 Å². The zero-order valence-corrected chi connectivity index (χ0v) is 19.6. The molecule has 3 heterocycles. The van der Waals surface area contributed by atoms with E-state index in [9.17, 15) is 5.11 Å². The number of thiazole rings is 1. The van der Waals surface area contributed by atoms with E-state index in [4.69, 9.17) is 19.7 Å². The van der Waals surface area contributed by atoms with Gasteiger partial charge in [0.15, 0.2) is 0 Å². The van der Waals surface area contributed by atoms with Crippen LogP contribution in [0.2, 0.25) is 0 Å². The van der Waals surface area contributed by atoms with Crippen LogP contribution in [0.3, 0.4) is 0 Å². The molecule has 2 saturated carbocycles. The molecule has 0 radical (unpaired) electrons. The summed E-state index contributed by atoms with van der Waals surface area (Å²) in [6.45, 7) is 5.21. The number of anilines is 2. The molecular formula is C23H30N6O2S. The van der Waals surface area contributed by atoms with Gasteiger partial charge in [-0.2, -0.15) is 4.98 Å². The lowest BCUT2D eigenvalue weighted by Crippen LogP contribution is -2.23. The zero-order valence-electron chi connectivity index (χ0n) is 18.8. The number of hydrogen-bond acceptors (Lipinski definition) is 9. The molecule has 9 heteroatoms. The Hall–Kier alpha value is -2.36. The summed E-state index contributed by atoms with van der Waals surface area (Å²) < 4.78 is 6.26. The largest absolute Gasteiger partial charge is 0.390 e. The van der Waals surface area contributed by atoms with Crippen molar-refractivity contribution in [1.29, 1.82) is 0 Å². The molecule has 3 aromatic heterocycles. The summed E-state index contributed by atoms with van der Waals surface area (Å²) in [5.41, 5.74) is 3.24. The molecule has 0 bridgehead atoms. The molecule has 3 N–H and O–H groups in total. The van der Waals surface area contributed by atoms with Gasteiger partial charge in [-0.1, -0.05) is 0 Å². The summed E-state index contributed by atoms with van der Waals surface area (Å²) in [4.78, 5) is 18.8. The SMILES string of the molecule is COCCNc1nc(C)c(-c2nc3c(C)nccc3s2)c(N[C@H]2CCC(C3(O)CC3)C2)n1. The summed E-state index contributed by atoms with van der Waals surface area (Å²) in [5, 5.41) is 18.4. The first-order valence-corrected chi connectivity index (χ1v) is 12.1. The second kappa shape index (κ2) is 8.53. The molecule has 32 heavy (non-hydrogen) atoms. The second-order valence-corrected chi connectivity index (χ2v) is 10.0. The number of fused-ring (bicyclic) bond motifs is 1. The van der Waals surface area contributed by atoms with Gasteiger partial charge in [-0.3, -0.25) is 4.98 Å². The molecule has 0 saturated heterocycles. The second-order valence-electron chi connectivity index (χ2n) is 8.99. The van der Waals surface area contributed by atoms with Crippen LogP contribution in [0.15, 0.2) is 12.3 Å². The predicted octanol–water partition coefficient (Wildman–Crippen LogP) is 3.93. The lowest BCUT2D eigenvalue weighted by molar-refractivity contribution is 0.0847. The van der Waals surface area contributed by atoms with Crippen molar-refractivity contribution in [2.24, 2.45) is 5.92 Å². The number of aliphatic hydroxyl groups is 1. The molecular weight excluding hydrogens is 424 g/mol. The standard InChI is InChI=1S/C23H30N6O2S/c1-13-18(21-28-19-14(2)24-9-6-17(19)32-21)20(29-22(26-13)25-10-11-31-3)27-16-5-4-15(12-16)23(30)7-8-23/h6,9,15-16,30H,4-5,7-8,10-12H2,1-3H3,(H2,25,26,27,29)/t15?,16-/m0/s1. The minimum absolute atomic E-state index is 0.280. The Labute approximate surface area is 191 Å². The fourth-order valence-corrected chi connectivity index (χ4v) is 5.81. The minimum Gasteiger partial charge on any atom is -0.390 e. The smallest absolute Gasteiger partial charge is 0.224 e. The molecule has 0 spiro atoms. The van der Waals surface area contributed by atoms with Gasteiger partial charge in [0.2, 0.25) is 5.95 Å². The molecule has 2 fully saturated rings. The summed E-state index contributed by atoms with van der Waals surface area (Å²) in [6.07, 6.45) is 6.76. The average molecular weight is 455 g/mol. The van der Waals surface area contributed by atoms with Gasteiger partial charge in [-0.25, -0.2) is 9.97 Å². The number of methoxy groups -OCH3 is 1. The lowest BCUT2D eigenvalue weighted by Gasteiger charge is -2.20. The van der Waals surface area contributed by atoms with Crippen molar-refractivity contribution in [3.05, 3.63) is 23.7 Å². The van der Waals surface area contributed by atoms with Gasteiger partial charge in [0.1, 0.15) is 16.3 Å². The first-order chi connectivity index (χ1) is 15.5. The van der Waals surface area contributed by atoms with E-state index in [-0.39, 0.29) is 6.04 Å². The highest BCUT2D eigenvalue weighted by Crippen LogP contribution is 2.49. The highest BCUT2D eigenvalue weighted by molar-refractivity contribution is 7.21. The van der Waals surface area contributed by atoms with Crippen LogP contribution in [-0.4, -0.2) is 56.9 Å². The average Bonchev–Trinajstić information content (AvgIpc) is 3.14. The number of aryl methyl sites for hydroxylation is 2. The summed E-state index contributed by atoms with van der Waals surface area (Å²) in [7, 11) is 1.68. The number of nitrogens with zero attached hydrogens (tertiary/aromatic N) is 4. The lowest BCUT2D eigenvalue weighted by atomic mass is 9.98. The van der Waals surface area contributed by atoms with E-state index < -0.39 is 5.60 Å². The molecule has 1 unspecified atom stereocenters. The number of hydrogen-bond donors (Lipinski definition) is 3. The normalized spacial score (nSPS) is 21.8. The topological polar surface area (TPSA) is 105 Å². The molecule has 0 amide bonds. The Morgan fingerprint density at radius 3 is 2.78 bits per heavy atom. The molecule has 5 rings (SSSR count). The fourth-order valence-electron chi connectivity index (χ4n) is 4.70. The van der Waals surface area contributed by atoms with Crippen LogP contribution >= 0.6 is 11.3 Å². The minimum atomic E-state index is -0.425. The third kappa shape index (κ3) is 4.16. The van der Waals surface area contributed by atoms with Gasteiger partial charge < -0.3 is 20.5 Å². The summed E-state index contributed by atoms with van der Waals surface area (Å²) >= 11 is 1.64. The van der Waals surface area contributed by atoms with Crippen LogP contribution in [0.5, 0.6) is 0 Å². The zero-order chi connectivity index (χ0) is 22.3. The number of aromatic nitrogens is 4. The van der Waals surface area contributed by atoms with Gasteiger partial charge in [-0.05, 0) is 57.9 Å². The van der Waals surface area contributed by atoms with Crippen LogP contribution in [-0.2, 0) is 4.74 Å². The van der Waals surface area contributed by atoms with Crippen molar-refractivity contribution in [3.63, 3.8) is 0 Å². The maximum Gasteiger partial charge on any atom is 0.224 e. The molecule has 0 aliphatic heterocycles. The van der Waals surface area contributed by atoms with Gasteiger partial charge in [0.05, 0.1) is 33.9 Å². The van der Waals surface area contributed by atoms with Crippen molar-refractivity contribution in [1.82, 2.24) is 19.9 Å². The Bertz CT molecular complexity index is 1130. The number of rotatable bonds is 8. The number of pyridine rings is 1. The molecule has 3 aromatic rings. The third-order valence-corrected chi connectivity index (χ3v) is 7.72. The molecule has 170 valence electrons. The van der Waals surface area contributed by atoms with E-state index >= 15 is 0 Å². The Kier molecular flexibility index (Phi) is 5.73. The number of ether oxygens (including phenoxy) is 1. The molecule has 0 aromatic carbocycles. The first kappa shape index (κ1) is 21.5. The Morgan fingerprint density at radius 1 is 1.19 bits per heavy atom. The Balaban J connectivity index is 1.49. The van der Waals surface area contributed by atoms with Crippen LogP contribution < -0.4 is 10.6 Å². The van der Waals surface area contributed by atoms with Crippen molar-refractivity contribution in [3.8, 4) is 10.6 Å². The third-order valence-electron chi connectivity index (χ3n) is 6.68. The molecule has 8 nitrogen and oxygen atoms in total. The Morgan fingerprint density at radius 2 is 2.03 bits per heavy atom. The van der Waals surface area contributed by atoms with E-state index in [0.29, 0.717) is 25.0 Å². The van der Waals surface area contributed by atoms with Crippen molar-refractivity contribution >= 4 is 33.3 Å². The van der Waals surface area contributed by atoms with Crippen LogP contribution in [0.1, 0.15) is 43.5 Å². The van der Waals surface area contributed by atoms with E-state index in [2.05, 4.69) is 15.6 Å². The maximum absolute atomic E-state index is 10.6. The molecule has 2 aliphatic carbocycles. The molecule has 2 atom stereocenters. The quantitative estimate of drug-likeness (QED) is 0.440. The number of nitrogens with one attached hydrogen (secondary N) is 2. The van der Waals surface area contributed by atoms with Gasteiger partial charge >= 0.3 is 0 Å².